The van der Waals surface area contributed by atoms with Gasteiger partial charge in [-0.15, -0.1) is 0 Å². The molecule has 0 radical (unpaired) electrons. The van der Waals surface area contributed by atoms with Gasteiger partial charge < -0.3 is 15.4 Å². The van der Waals surface area contributed by atoms with Crippen molar-refractivity contribution in [3.8, 4) is 6.07 Å². The van der Waals surface area contributed by atoms with Crippen molar-refractivity contribution < 1.29 is 4.74 Å². The molecule has 1 aliphatic heterocycles. The Kier molecular flexibility index (Phi) is 4.94. The van der Waals surface area contributed by atoms with Crippen molar-refractivity contribution in [3.05, 3.63) is 23.9 Å². The summed E-state index contributed by atoms with van der Waals surface area (Å²) >= 11 is 0. The zero-order chi connectivity index (χ0) is 12.6. The Balaban J connectivity index is 1.63. The summed E-state index contributed by atoms with van der Waals surface area (Å²) in [6.45, 7) is 3.53. The first-order valence-corrected chi connectivity index (χ1v) is 6.31. The number of nitrogens with zero attached hydrogens (tertiary/aromatic N) is 2. The van der Waals surface area contributed by atoms with E-state index in [-0.39, 0.29) is 0 Å². The number of hydrogen-bond acceptors (Lipinski definition) is 5. The van der Waals surface area contributed by atoms with E-state index in [2.05, 4.69) is 15.6 Å². The van der Waals surface area contributed by atoms with Gasteiger partial charge in [-0.1, -0.05) is 0 Å². The van der Waals surface area contributed by atoms with Gasteiger partial charge in [-0.2, -0.15) is 5.26 Å². The van der Waals surface area contributed by atoms with Crippen molar-refractivity contribution in [1.29, 1.82) is 5.26 Å². The zero-order valence-electron chi connectivity index (χ0n) is 10.4. The van der Waals surface area contributed by atoms with E-state index in [1.807, 2.05) is 12.1 Å². The van der Waals surface area contributed by atoms with Crippen molar-refractivity contribution in [1.82, 2.24) is 10.3 Å². The number of nitriles is 1. The van der Waals surface area contributed by atoms with E-state index >= 15 is 0 Å². The van der Waals surface area contributed by atoms with E-state index in [4.69, 9.17) is 10.00 Å². The smallest absolute Gasteiger partial charge is 0.126 e. The predicted octanol–water partition coefficient (Wildman–Crippen LogP) is 1.13. The van der Waals surface area contributed by atoms with Crippen LogP contribution in [0.5, 0.6) is 0 Å². The molecule has 5 nitrogen and oxygen atoms in total. The Bertz CT molecular complexity index is 392. The van der Waals surface area contributed by atoms with E-state index < -0.39 is 0 Å². The minimum atomic E-state index is 0.391. The lowest BCUT2D eigenvalue weighted by Crippen LogP contribution is -2.33. The summed E-state index contributed by atoms with van der Waals surface area (Å²) < 4.78 is 5.77. The molecule has 1 aromatic rings. The molecule has 1 aromatic heterocycles. The molecule has 18 heavy (non-hydrogen) atoms. The van der Waals surface area contributed by atoms with Gasteiger partial charge >= 0.3 is 0 Å². The molecule has 1 aliphatic rings. The van der Waals surface area contributed by atoms with Crippen LogP contribution in [-0.4, -0.2) is 37.3 Å². The van der Waals surface area contributed by atoms with Crippen LogP contribution in [0, 0.1) is 11.3 Å². The van der Waals surface area contributed by atoms with Gasteiger partial charge in [-0.25, -0.2) is 4.98 Å². The molecule has 0 amide bonds. The van der Waals surface area contributed by atoms with Crippen LogP contribution < -0.4 is 10.6 Å². The molecule has 1 fully saturated rings. The fraction of sp³-hybridized carbons (Fsp3) is 0.538. The van der Waals surface area contributed by atoms with E-state index in [0.717, 1.165) is 38.3 Å². The highest BCUT2D eigenvalue weighted by Gasteiger charge is 2.12. The lowest BCUT2D eigenvalue weighted by Gasteiger charge is -2.22. The molecular weight excluding hydrogens is 228 g/mol. The highest BCUT2D eigenvalue weighted by atomic mass is 16.5. The largest absolute Gasteiger partial charge is 0.376 e. The number of piperidine rings is 1. The number of ether oxygens (including phenoxy) is 1. The molecule has 2 heterocycles. The monoisotopic (exact) mass is 246 g/mol. The average Bonchev–Trinajstić information content (AvgIpc) is 2.45. The Hall–Kier alpha value is -1.64. The highest BCUT2D eigenvalue weighted by Crippen LogP contribution is 2.07. The maximum Gasteiger partial charge on any atom is 0.126 e. The van der Waals surface area contributed by atoms with Gasteiger partial charge in [0.2, 0.25) is 0 Å². The number of aromatic nitrogens is 1. The third-order valence-corrected chi connectivity index (χ3v) is 2.94. The number of pyridine rings is 1. The molecule has 0 bridgehead atoms. The molecule has 0 aromatic carbocycles. The van der Waals surface area contributed by atoms with Crippen LogP contribution in [-0.2, 0) is 4.74 Å². The molecule has 0 aliphatic carbocycles. The Morgan fingerprint density at radius 1 is 1.44 bits per heavy atom. The van der Waals surface area contributed by atoms with Crippen LogP contribution in [0.15, 0.2) is 18.3 Å². The van der Waals surface area contributed by atoms with Crippen LogP contribution in [0.25, 0.3) is 0 Å². The Labute approximate surface area is 107 Å². The summed E-state index contributed by atoms with van der Waals surface area (Å²) in [7, 11) is 0. The van der Waals surface area contributed by atoms with Crippen molar-refractivity contribution in [2.24, 2.45) is 0 Å². The van der Waals surface area contributed by atoms with Gasteiger partial charge in [0.05, 0.1) is 18.3 Å². The standard InChI is InChI=1S/C13H18N4O/c14-9-11-1-2-13(17-10-11)16-7-8-18-12-3-5-15-6-4-12/h1-2,10,12,15H,3-8H2,(H,16,17). The Morgan fingerprint density at radius 2 is 2.28 bits per heavy atom. The van der Waals surface area contributed by atoms with Crippen molar-refractivity contribution in [3.63, 3.8) is 0 Å². The predicted molar refractivity (Wildman–Crippen MR) is 69.3 cm³/mol. The molecular formula is C13H18N4O. The number of nitrogens with one attached hydrogen (secondary N) is 2. The zero-order valence-corrected chi connectivity index (χ0v) is 10.4. The maximum absolute atomic E-state index is 8.65. The van der Waals surface area contributed by atoms with Crippen LogP contribution >= 0.6 is 0 Å². The SMILES string of the molecule is N#Cc1ccc(NCCOC2CCNCC2)nc1. The summed E-state index contributed by atoms with van der Waals surface area (Å²) in [6.07, 6.45) is 4.14. The van der Waals surface area contributed by atoms with E-state index in [1.54, 1.807) is 12.3 Å². The quantitative estimate of drug-likeness (QED) is 0.762. The number of anilines is 1. The number of hydrogen-bond donors (Lipinski definition) is 2. The molecule has 0 atom stereocenters. The summed E-state index contributed by atoms with van der Waals surface area (Å²) in [6, 6.07) is 5.61. The second-order valence-corrected chi connectivity index (χ2v) is 4.29. The molecule has 0 spiro atoms. The molecule has 0 saturated carbocycles. The van der Waals surface area contributed by atoms with Gasteiger partial charge in [0.1, 0.15) is 11.9 Å². The molecule has 2 rings (SSSR count). The second-order valence-electron chi connectivity index (χ2n) is 4.29. The fourth-order valence-electron chi connectivity index (χ4n) is 1.93. The van der Waals surface area contributed by atoms with Crippen molar-refractivity contribution in [2.45, 2.75) is 18.9 Å². The normalized spacial score (nSPS) is 16.2. The summed E-state index contributed by atoms with van der Waals surface area (Å²) in [5, 5.41) is 15.1. The third kappa shape index (κ3) is 3.99. The van der Waals surface area contributed by atoms with Gasteiger partial charge in [0.25, 0.3) is 0 Å². The topological polar surface area (TPSA) is 70.0 Å². The first-order chi connectivity index (χ1) is 8.88. The fourth-order valence-corrected chi connectivity index (χ4v) is 1.93. The first kappa shape index (κ1) is 12.8. The van der Waals surface area contributed by atoms with Gasteiger partial charge in [0, 0.05) is 12.7 Å². The maximum atomic E-state index is 8.65. The minimum Gasteiger partial charge on any atom is -0.376 e. The molecule has 5 heteroatoms. The first-order valence-electron chi connectivity index (χ1n) is 6.31. The third-order valence-electron chi connectivity index (χ3n) is 2.94. The molecule has 96 valence electrons. The van der Waals surface area contributed by atoms with E-state index in [1.165, 1.54) is 0 Å². The summed E-state index contributed by atoms with van der Waals surface area (Å²) in [5.41, 5.74) is 0.575. The van der Waals surface area contributed by atoms with Crippen LogP contribution in [0.1, 0.15) is 18.4 Å². The van der Waals surface area contributed by atoms with Crippen LogP contribution in [0.4, 0.5) is 5.82 Å². The van der Waals surface area contributed by atoms with E-state index in [0.29, 0.717) is 18.3 Å². The van der Waals surface area contributed by atoms with Gasteiger partial charge in [-0.3, -0.25) is 0 Å². The molecule has 2 N–H and O–H groups in total. The van der Waals surface area contributed by atoms with Crippen molar-refractivity contribution in [2.75, 3.05) is 31.6 Å². The number of rotatable bonds is 5. The Morgan fingerprint density at radius 3 is 2.94 bits per heavy atom. The summed E-state index contributed by atoms with van der Waals surface area (Å²) in [5.74, 6) is 0.780. The minimum absolute atomic E-state index is 0.391. The van der Waals surface area contributed by atoms with Crippen LogP contribution in [0.3, 0.4) is 0 Å². The average molecular weight is 246 g/mol. The van der Waals surface area contributed by atoms with Crippen LogP contribution in [0.2, 0.25) is 0 Å². The molecule has 0 unspecified atom stereocenters. The van der Waals surface area contributed by atoms with Gasteiger partial charge in [0.15, 0.2) is 0 Å². The lowest BCUT2D eigenvalue weighted by molar-refractivity contribution is 0.0394. The lowest BCUT2D eigenvalue weighted by atomic mass is 10.1. The summed E-state index contributed by atoms with van der Waals surface area (Å²) in [4.78, 5) is 4.13. The van der Waals surface area contributed by atoms with E-state index in [9.17, 15) is 0 Å². The highest BCUT2D eigenvalue weighted by molar-refractivity contribution is 5.38. The van der Waals surface area contributed by atoms with Gasteiger partial charge in [-0.05, 0) is 38.1 Å². The second kappa shape index (κ2) is 6.94. The molecule has 1 saturated heterocycles. The van der Waals surface area contributed by atoms with Crippen molar-refractivity contribution >= 4 is 5.82 Å².